The number of amidine groups is 1. The summed E-state index contributed by atoms with van der Waals surface area (Å²) < 4.78 is 5.74. The van der Waals surface area contributed by atoms with E-state index < -0.39 is 0 Å². The lowest BCUT2D eigenvalue weighted by atomic mass is 9.85. The topological polar surface area (TPSA) is 86.6 Å². The lowest BCUT2D eigenvalue weighted by molar-refractivity contribution is 0.0962. The fourth-order valence-corrected chi connectivity index (χ4v) is 4.71. The minimum atomic E-state index is -0.330. The molecule has 0 radical (unpaired) electrons. The Hall–Kier alpha value is -2.74. The summed E-state index contributed by atoms with van der Waals surface area (Å²) in [5, 5.41) is 8.59. The number of Topliss-reactive ketones (excluding diaryl/α,β-unsaturated/α-hetero) is 1. The van der Waals surface area contributed by atoms with Crippen LogP contribution in [0.5, 0.6) is 5.75 Å². The SMILES string of the molecule is Br.CC(C)(C)c1cc(C(=O)CN2Cc3ccc(C4CC4)nc3C2=N)ccc1OC(=O)N1CCCC1. The summed E-state index contributed by atoms with van der Waals surface area (Å²) in [5.74, 6) is 1.28. The average Bonchev–Trinajstić information content (AvgIpc) is 3.41. The van der Waals surface area contributed by atoms with E-state index in [0.717, 1.165) is 42.8 Å². The molecule has 1 aromatic heterocycles. The number of carbonyl (C=O) groups excluding carboxylic acids is 2. The van der Waals surface area contributed by atoms with Crippen molar-refractivity contribution in [2.24, 2.45) is 0 Å². The molecule has 1 aromatic carbocycles. The number of hydrogen-bond donors (Lipinski definition) is 1. The fraction of sp³-hybridized carbons (Fsp3) is 0.481. The van der Waals surface area contributed by atoms with Crippen LogP contribution in [0, 0.1) is 5.41 Å². The first-order valence-electron chi connectivity index (χ1n) is 12.2. The molecule has 0 unspecified atom stereocenters. The third kappa shape index (κ3) is 5.27. The number of carbonyl (C=O) groups is 2. The number of ether oxygens (including phenoxy) is 1. The first kappa shape index (κ1) is 25.4. The molecule has 1 saturated heterocycles. The highest BCUT2D eigenvalue weighted by atomic mass is 79.9. The van der Waals surface area contributed by atoms with Gasteiger partial charge in [-0.1, -0.05) is 26.8 Å². The van der Waals surface area contributed by atoms with Crippen LogP contribution in [0.3, 0.4) is 0 Å². The summed E-state index contributed by atoms with van der Waals surface area (Å²) in [4.78, 5) is 34.0. The Balaban J connectivity index is 0.00000289. The monoisotopic (exact) mass is 540 g/mol. The maximum Gasteiger partial charge on any atom is 0.415 e. The molecule has 0 bridgehead atoms. The zero-order valence-corrected chi connectivity index (χ0v) is 22.3. The van der Waals surface area contributed by atoms with Crippen LogP contribution in [0.1, 0.15) is 85.2 Å². The van der Waals surface area contributed by atoms with Gasteiger partial charge in [0.1, 0.15) is 17.3 Å². The van der Waals surface area contributed by atoms with Gasteiger partial charge < -0.3 is 14.5 Å². The van der Waals surface area contributed by atoms with Gasteiger partial charge in [-0.2, -0.15) is 0 Å². The van der Waals surface area contributed by atoms with E-state index in [-0.39, 0.29) is 40.8 Å². The molecule has 1 saturated carbocycles. The number of hydrogen-bond acceptors (Lipinski definition) is 5. The Labute approximate surface area is 217 Å². The van der Waals surface area contributed by atoms with Crippen molar-refractivity contribution in [2.75, 3.05) is 19.6 Å². The largest absolute Gasteiger partial charge is 0.415 e. The Morgan fingerprint density at radius 2 is 1.83 bits per heavy atom. The fourth-order valence-electron chi connectivity index (χ4n) is 4.71. The van der Waals surface area contributed by atoms with Crippen LogP contribution < -0.4 is 4.74 Å². The summed E-state index contributed by atoms with van der Waals surface area (Å²) in [6, 6.07) is 9.41. The zero-order chi connectivity index (χ0) is 24.0. The van der Waals surface area contributed by atoms with Crippen molar-refractivity contribution in [1.82, 2.24) is 14.8 Å². The van der Waals surface area contributed by atoms with E-state index >= 15 is 0 Å². The van der Waals surface area contributed by atoms with Gasteiger partial charge in [0.15, 0.2) is 5.78 Å². The number of fused-ring (bicyclic) bond motifs is 1. The first-order valence-corrected chi connectivity index (χ1v) is 12.2. The molecule has 2 aromatic rings. The molecular formula is C27H33BrN4O3. The van der Waals surface area contributed by atoms with Crippen molar-refractivity contribution >= 4 is 34.7 Å². The van der Waals surface area contributed by atoms with Crippen LogP contribution in [0.25, 0.3) is 0 Å². The van der Waals surface area contributed by atoms with Crippen LogP contribution in [0.4, 0.5) is 4.79 Å². The predicted molar refractivity (Wildman–Crippen MR) is 140 cm³/mol. The molecule has 186 valence electrons. The van der Waals surface area contributed by atoms with Crippen molar-refractivity contribution in [3.63, 3.8) is 0 Å². The summed E-state index contributed by atoms with van der Waals surface area (Å²) >= 11 is 0. The second-order valence-corrected chi connectivity index (χ2v) is 10.7. The molecule has 1 N–H and O–H groups in total. The van der Waals surface area contributed by atoms with Gasteiger partial charge in [0.2, 0.25) is 0 Å². The number of amides is 1. The van der Waals surface area contributed by atoms with Gasteiger partial charge in [0.05, 0.1) is 6.54 Å². The average molecular weight is 541 g/mol. The lowest BCUT2D eigenvalue weighted by Gasteiger charge is -2.25. The lowest BCUT2D eigenvalue weighted by Crippen LogP contribution is -2.32. The highest BCUT2D eigenvalue weighted by Gasteiger charge is 2.32. The van der Waals surface area contributed by atoms with Gasteiger partial charge in [-0.15, -0.1) is 17.0 Å². The number of likely N-dealkylation sites (tertiary alicyclic amines) is 1. The van der Waals surface area contributed by atoms with Crippen LogP contribution in [-0.4, -0.2) is 52.1 Å². The number of nitrogens with zero attached hydrogens (tertiary/aromatic N) is 3. The van der Waals surface area contributed by atoms with Gasteiger partial charge in [-0.3, -0.25) is 10.2 Å². The molecule has 8 heteroatoms. The third-order valence-electron chi connectivity index (χ3n) is 6.90. The van der Waals surface area contributed by atoms with E-state index in [0.29, 0.717) is 35.3 Å². The van der Waals surface area contributed by atoms with Crippen LogP contribution in [0.2, 0.25) is 0 Å². The first-order chi connectivity index (χ1) is 16.2. The molecule has 7 nitrogen and oxygen atoms in total. The van der Waals surface area contributed by atoms with E-state index in [9.17, 15) is 9.59 Å². The number of pyridine rings is 1. The van der Waals surface area contributed by atoms with Gasteiger partial charge in [-0.05, 0) is 55.4 Å². The highest BCUT2D eigenvalue weighted by Crippen LogP contribution is 2.40. The Bertz CT molecular complexity index is 1160. The van der Waals surface area contributed by atoms with Crippen molar-refractivity contribution in [2.45, 2.75) is 64.3 Å². The maximum absolute atomic E-state index is 13.2. The Morgan fingerprint density at radius 3 is 2.49 bits per heavy atom. The van der Waals surface area contributed by atoms with E-state index in [1.54, 1.807) is 21.9 Å². The van der Waals surface area contributed by atoms with Crippen molar-refractivity contribution in [1.29, 1.82) is 5.41 Å². The Morgan fingerprint density at radius 1 is 1.11 bits per heavy atom. The molecule has 2 aliphatic heterocycles. The van der Waals surface area contributed by atoms with Crippen molar-refractivity contribution < 1.29 is 14.3 Å². The maximum atomic E-state index is 13.2. The Kier molecular flexibility index (Phi) is 7.04. The quantitative estimate of drug-likeness (QED) is 0.509. The van der Waals surface area contributed by atoms with Gasteiger partial charge in [0.25, 0.3) is 0 Å². The van der Waals surface area contributed by atoms with E-state index in [2.05, 4.69) is 12.1 Å². The molecule has 3 heterocycles. The van der Waals surface area contributed by atoms with Crippen LogP contribution in [-0.2, 0) is 12.0 Å². The number of aromatic nitrogens is 1. The number of benzene rings is 1. The second-order valence-electron chi connectivity index (χ2n) is 10.7. The van der Waals surface area contributed by atoms with Crippen LogP contribution >= 0.6 is 17.0 Å². The zero-order valence-electron chi connectivity index (χ0n) is 20.6. The number of ketones is 1. The molecular weight excluding hydrogens is 508 g/mol. The van der Waals surface area contributed by atoms with Crippen molar-refractivity contribution in [3.05, 3.63) is 58.4 Å². The van der Waals surface area contributed by atoms with Gasteiger partial charge in [-0.25, -0.2) is 9.78 Å². The molecule has 1 aliphatic carbocycles. The third-order valence-corrected chi connectivity index (χ3v) is 6.90. The van der Waals surface area contributed by atoms with Crippen molar-refractivity contribution in [3.8, 4) is 5.75 Å². The molecule has 1 amide bonds. The van der Waals surface area contributed by atoms with E-state index in [1.165, 1.54) is 12.8 Å². The highest BCUT2D eigenvalue weighted by molar-refractivity contribution is 8.93. The second kappa shape index (κ2) is 9.72. The molecule has 0 atom stereocenters. The normalized spacial score (nSPS) is 17.3. The van der Waals surface area contributed by atoms with E-state index in [4.69, 9.17) is 15.1 Å². The van der Waals surface area contributed by atoms with Gasteiger partial charge >= 0.3 is 6.09 Å². The summed E-state index contributed by atoms with van der Waals surface area (Å²) in [6.07, 6.45) is 4.01. The molecule has 3 aliphatic rings. The summed E-state index contributed by atoms with van der Waals surface area (Å²) in [5.41, 5.74) is 3.84. The smallest absolute Gasteiger partial charge is 0.410 e. The minimum absolute atomic E-state index is 0. The predicted octanol–water partition coefficient (Wildman–Crippen LogP) is 5.45. The van der Waals surface area contributed by atoms with Crippen LogP contribution in [0.15, 0.2) is 30.3 Å². The number of nitrogens with one attached hydrogen (secondary N) is 1. The minimum Gasteiger partial charge on any atom is -0.410 e. The summed E-state index contributed by atoms with van der Waals surface area (Å²) in [6.45, 7) is 8.21. The molecule has 5 rings (SSSR count). The number of halogens is 1. The molecule has 35 heavy (non-hydrogen) atoms. The summed E-state index contributed by atoms with van der Waals surface area (Å²) in [7, 11) is 0. The molecule has 0 spiro atoms. The van der Waals surface area contributed by atoms with E-state index in [1.807, 2.05) is 26.8 Å². The van der Waals surface area contributed by atoms with Gasteiger partial charge in [0, 0.05) is 47.9 Å². The number of rotatable bonds is 5. The molecule has 2 fully saturated rings. The standard InChI is InChI=1S/C27H32N4O3.BrH/c1-27(2,3)20-14-18(9-11-23(20)34-26(33)30-12-4-5-13-30)22(32)16-31-15-19-8-10-21(17-6-7-17)29-24(19)25(31)28;/h8-11,14,17,28H,4-7,12-13,15-16H2,1-3H3;1H.